The molecule has 23 heavy (non-hydrogen) atoms. The van der Waals surface area contributed by atoms with Crippen molar-refractivity contribution in [2.24, 2.45) is 5.41 Å². The number of carbonyl (C=O) groups is 2. The summed E-state index contributed by atoms with van der Waals surface area (Å²) >= 11 is 0. The molecule has 0 spiro atoms. The number of esters is 1. The molecule has 1 unspecified atom stereocenters. The highest BCUT2D eigenvalue weighted by Gasteiger charge is 2.40. The highest BCUT2D eigenvalue weighted by atomic mass is 16.5. The maximum atomic E-state index is 12.6. The first kappa shape index (κ1) is 17.1. The number of methoxy groups -OCH3 is 1. The van der Waals surface area contributed by atoms with Crippen LogP contribution in [0.3, 0.4) is 0 Å². The van der Waals surface area contributed by atoms with Crippen LogP contribution in [0.4, 0.5) is 0 Å². The molecule has 0 saturated carbocycles. The van der Waals surface area contributed by atoms with Gasteiger partial charge in [0.2, 0.25) is 0 Å². The Labute approximate surface area is 136 Å². The Kier molecular flexibility index (Phi) is 5.42. The molecule has 1 saturated heterocycles. The Balaban J connectivity index is 2.08. The summed E-state index contributed by atoms with van der Waals surface area (Å²) in [6.07, 6.45) is 3.04. The number of likely N-dealkylation sites (tertiary alicyclic amines) is 1. The first-order valence-corrected chi connectivity index (χ1v) is 7.71. The second kappa shape index (κ2) is 7.31. The van der Waals surface area contributed by atoms with E-state index < -0.39 is 5.41 Å². The highest BCUT2D eigenvalue weighted by Crippen LogP contribution is 2.31. The molecule has 0 aliphatic carbocycles. The van der Waals surface area contributed by atoms with Crippen molar-refractivity contribution in [2.75, 3.05) is 26.8 Å². The van der Waals surface area contributed by atoms with Crippen LogP contribution in [0.1, 0.15) is 30.1 Å². The lowest BCUT2D eigenvalue weighted by molar-refractivity contribution is -0.156. The van der Waals surface area contributed by atoms with E-state index in [1.54, 1.807) is 42.4 Å². The number of rotatable bonds is 5. The number of ether oxygens (including phenoxy) is 2. The molecule has 1 aliphatic heterocycles. The normalized spacial score (nSPS) is 20.7. The van der Waals surface area contributed by atoms with Gasteiger partial charge in [0, 0.05) is 18.7 Å². The molecule has 0 N–H and O–H groups in total. The number of hydrogen-bond acceptors (Lipinski definition) is 4. The van der Waals surface area contributed by atoms with Crippen LogP contribution in [0, 0.1) is 5.41 Å². The smallest absolute Gasteiger partial charge is 0.313 e. The van der Waals surface area contributed by atoms with Crippen molar-refractivity contribution in [3.63, 3.8) is 0 Å². The number of carbonyl (C=O) groups excluding carboxylic acids is 2. The largest absolute Gasteiger partial charge is 0.497 e. The molecular formula is C18H23NO4. The van der Waals surface area contributed by atoms with Crippen LogP contribution >= 0.6 is 0 Å². The Morgan fingerprint density at radius 2 is 2.04 bits per heavy atom. The van der Waals surface area contributed by atoms with Crippen molar-refractivity contribution in [1.82, 2.24) is 4.90 Å². The summed E-state index contributed by atoms with van der Waals surface area (Å²) in [5.74, 6) is 0.359. The summed E-state index contributed by atoms with van der Waals surface area (Å²) in [6, 6.07) is 7.00. The molecule has 1 amide bonds. The molecule has 0 aromatic heterocycles. The van der Waals surface area contributed by atoms with Gasteiger partial charge in [-0.2, -0.15) is 0 Å². The maximum absolute atomic E-state index is 12.6. The van der Waals surface area contributed by atoms with Gasteiger partial charge in [0.25, 0.3) is 5.91 Å². The van der Waals surface area contributed by atoms with Gasteiger partial charge in [-0.1, -0.05) is 12.7 Å². The van der Waals surface area contributed by atoms with E-state index in [2.05, 4.69) is 6.58 Å². The summed E-state index contributed by atoms with van der Waals surface area (Å²) in [7, 11) is 1.59. The average molecular weight is 317 g/mol. The molecule has 1 aliphatic rings. The molecule has 5 heteroatoms. The van der Waals surface area contributed by atoms with Crippen LogP contribution in [0.15, 0.2) is 36.9 Å². The fourth-order valence-corrected chi connectivity index (χ4v) is 2.80. The minimum Gasteiger partial charge on any atom is -0.497 e. The van der Waals surface area contributed by atoms with Crippen molar-refractivity contribution in [3.05, 3.63) is 42.5 Å². The van der Waals surface area contributed by atoms with Crippen LogP contribution in [0.2, 0.25) is 0 Å². The quantitative estimate of drug-likeness (QED) is 0.619. The van der Waals surface area contributed by atoms with Crippen molar-refractivity contribution in [2.45, 2.75) is 19.8 Å². The third-order valence-corrected chi connectivity index (χ3v) is 4.15. The minimum absolute atomic E-state index is 0.0740. The van der Waals surface area contributed by atoms with Gasteiger partial charge in [0.1, 0.15) is 12.4 Å². The molecule has 0 radical (unpaired) electrons. The summed E-state index contributed by atoms with van der Waals surface area (Å²) in [6.45, 7) is 6.61. The lowest BCUT2D eigenvalue weighted by Crippen LogP contribution is -2.49. The second-order valence-corrected chi connectivity index (χ2v) is 6.01. The molecule has 1 atom stereocenters. The van der Waals surface area contributed by atoms with Crippen LogP contribution in [0.5, 0.6) is 5.75 Å². The van der Waals surface area contributed by atoms with E-state index in [9.17, 15) is 9.59 Å². The van der Waals surface area contributed by atoms with E-state index in [1.165, 1.54) is 0 Å². The van der Waals surface area contributed by atoms with Crippen LogP contribution in [-0.4, -0.2) is 43.6 Å². The number of nitrogens with zero attached hydrogens (tertiary/aromatic N) is 1. The predicted molar refractivity (Wildman–Crippen MR) is 87.4 cm³/mol. The Morgan fingerprint density at radius 1 is 1.35 bits per heavy atom. The lowest BCUT2D eigenvalue weighted by atomic mass is 9.81. The average Bonchev–Trinajstić information content (AvgIpc) is 2.59. The first-order valence-electron chi connectivity index (χ1n) is 7.71. The van der Waals surface area contributed by atoms with E-state index in [0.29, 0.717) is 24.4 Å². The Morgan fingerprint density at radius 3 is 2.65 bits per heavy atom. The fourth-order valence-electron chi connectivity index (χ4n) is 2.80. The number of hydrogen-bond donors (Lipinski definition) is 0. The molecule has 1 fully saturated rings. The third-order valence-electron chi connectivity index (χ3n) is 4.15. The van der Waals surface area contributed by atoms with E-state index >= 15 is 0 Å². The SMILES string of the molecule is C=CCOC(=O)C1(C)CCCN(C(=O)c2ccc(OC)cc2)C1. The van der Waals surface area contributed by atoms with Gasteiger partial charge < -0.3 is 14.4 Å². The summed E-state index contributed by atoms with van der Waals surface area (Å²) < 4.78 is 10.3. The Hall–Kier alpha value is -2.30. The zero-order chi connectivity index (χ0) is 16.9. The number of amides is 1. The standard InChI is InChI=1S/C18H23NO4/c1-4-12-23-17(21)18(2)10-5-11-19(13-18)16(20)14-6-8-15(22-3)9-7-14/h4,6-9H,1,5,10-13H2,2-3H3. The summed E-state index contributed by atoms with van der Waals surface area (Å²) in [4.78, 5) is 26.6. The topological polar surface area (TPSA) is 55.8 Å². The van der Waals surface area contributed by atoms with E-state index in [1.807, 2.05) is 6.92 Å². The van der Waals surface area contributed by atoms with E-state index in [0.717, 1.165) is 12.8 Å². The fraction of sp³-hybridized carbons (Fsp3) is 0.444. The van der Waals surface area contributed by atoms with Gasteiger partial charge in [0.15, 0.2) is 0 Å². The summed E-state index contributed by atoms with van der Waals surface area (Å²) in [5.41, 5.74) is -0.0712. The van der Waals surface area contributed by atoms with Gasteiger partial charge >= 0.3 is 5.97 Å². The third kappa shape index (κ3) is 3.92. The molecule has 5 nitrogen and oxygen atoms in total. The Bertz CT molecular complexity index is 581. The molecule has 1 aromatic carbocycles. The highest BCUT2D eigenvalue weighted by molar-refractivity contribution is 5.95. The second-order valence-electron chi connectivity index (χ2n) is 6.01. The van der Waals surface area contributed by atoms with Crippen molar-refractivity contribution < 1.29 is 19.1 Å². The molecule has 2 rings (SSSR count). The van der Waals surface area contributed by atoms with Crippen molar-refractivity contribution in [1.29, 1.82) is 0 Å². The zero-order valence-corrected chi connectivity index (χ0v) is 13.7. The van der Waals surface area contributed by atoms with Crippen molar-refractivity contribution >= 4 is 11.9 Å². The predicted octanol–water partition coefficient (Wildman–Crippen LogP) is 2.67. The number of benzene rings is 1. The maximum Gasteiger partial charge on any atom is 0.313 e. The number of piperidine rings is 1. The van der Waals surface area contributed by atoms with Crippen LogP contribution in [-0.2, 0) is 9.53 Å². The van der Waals surface area contributed by atoms with Crippen LogP contribution < -0.4 is 4.74 Å². The molecule has 0 bridgehead atoms. The molecular weight excluding hydrogens is 294 g/mol. The molecule has 1 heterocycles. The molecule has 124 valence electrons. The van der Waals surface area contributed by atoms with Crippen molar-refractivity contribution in [3.8, 4) is 5.75 Å². The van der Waals surface area contributed by atoms with Crippen LogP contribution in [0.25, 0.3) is 0 Å². The summed E-state index contributed by atoms with van der Waals surface area (Å²) in [5, 5.41) is 0. The van der Waals surface area contributed by atoms with E-state index in [-0.39, 0.29) is 18.5 Å². The van der Waals surface area contributed by atoms with Gasteiger partial charge in [-0.05, 0) is 44.0 Å². The van der Waals surface area contributed by atoms with E-state index in [4.69, 9.17) is 9.47 Å². The zero-order valence-electron chi connectivity index (χ0n) is 13.7. The first-order chi connectivity index (χ1) is 11.0. The lowest BCUT2D eigenvalue weighted by Gasteiger charge is -2.38. The van der Waals surface area contributed by atoms with Gasteiger partial charge in [-0.25, -0.2) is 0 Å². The monoisotopic (exact) mass is 317 g/mol. The van der Waals surface area contributed by atoms with Gasteiger partial charge in [0.05, 0.1) is 12.5 Å². The minimum atomic E-state index is -0.663. The van der Waals surface area contributed by atoms with Gasteiger partial charge in [-0.3, -0.25) is 9.59 Å². The van der Waals surface area contributed by atoms with Gasteiger partial charge in [-0.15, -0.1) is 0 Å². The molecule has 1 aromatic rings.